The van der Waals surface area contributed by atoms with Crippen molar-refractivity contribution in [3.63, 3.8) is 0 Å². The molecule has 0 bridgehead atoms. The van der Waals surface area contributed by atoms with Gasteiger partial charge in [0.2, 0.25) is 0 Å². The Kier molecular flexibility index (Phi) is 8.47. The lowest BCUT2D eigenvalue weighted by Crippen LogP contribution is -2.30. The number of aromatic nitrogens is 5. The largest absolute Gasteiger partial charge is 0.449 e. The van der Waals surface area contributed by atoms with E-state index in [1.807, 2.05) is 17.7 Å². The third kappa shape index (κ3) is 6.71. The molecule has 4 rings (SSSR count). The van der Waals surface area contributed by atoms with E-state index in [2.05, 4.69) is 30.4 Å². The second-order valence-corrected chi connectivity index (χ2v) is 10.9. The van der Waals surface area contributed by atoms with E-state index >= 15 is 0 Å². The number of amides is 1. The van der Waals surface area contributed by atoms with Crippen LogP contribution in [0.3, 0.4) is 0 Å². The number of halogens is 1. The highest BCUT2D eigenvalue weighted by Gasteiger charge is 2.21. The molecule has 0 spiro atoms. The predicted octanol–water partition coefficient (Wildman–Crippen LogP) is 3.73. The van der Waals surface area contributed by atoms with Crippen LogP contribution in [0, 0.1) is 6.92 Å². The zero-order valence-electron chi connectivity index (χ0n) is 20.8. The number of thioether (sulfide) groups is 1. The van der Waals surface area contributed by atoms with Crippen molar-refractivity contribution in [2.24, 2.45) is 0 Å². The van der Waals surface area contributed by atoms with Crippen molar-refractivity contribution in [2.45, 2.75) is 30.0 Å². The Balaban J connectivity index is 1.35. The number of sulfonamides is 1. The Morgan fingerprint density at radius 1 is 0.974 bits per heavy atom. The minimum Gasteiger partial charge on any atom is -0.449 e. The van der Waals surface area contributed by atoms with Crippen LogP contribution in [0.4, 0.5) is 11.5 Å². The summed E-state index contributed by atoms with van der Waals surface area (Å²) >= 11 is 7.11. The third-order valence-electron chi connectivity index (χ3n) is 5.30. The van der Waals surface area contributed by atoms with Crippen LogP contribution in [-0.4, -0.2) is 57.6 Å². The second-order valence-electron chi connectivity index (χ2n) is 8.02. The Bertz CT molecular complexity index is 1590. The van der Waals surface area contributed by atoms with E-state index in [9.17, 15) is 18.0 Å². The van der Waals surface area contributed by atoms with Crippen molar-refractivity contribution in [1.29, 1.82) is 0 Å². The summed E-state index contributed by atoms with van der Waals surface area (Å²) in [6, 6.07) is 14.9. The summed E-state index contributed by atoms with van der Waals surface area (Å²) < 4.78 is 34.6. The fourth-order valence-corrected chi connectivity index (χ4v) is 4.97. The summed E-state index contributed by atoms with van der Waals surface area (Å²) in [5.41, 5.74) is 1.36. The number of rotatable bonds is 9. The SMILES string of the molecule is CSc1nnc(C)n1-c1ccc(C(=O)OC(C)C(=O)Nc2ccc(S(=O)(=O)Nc3ccc(Cl)nn3)cc2)cc1. The van der Waals surface area contributed by atoms with Gasteiger partial charge in [-0.1, -0.05) is 23.4 Å². The van der Waals surface area contributed by atoms with Crippen molar-refractivity contribution in [2.75, 3.05) is 16.3 Å². The van der Waals surface area contributed by atoms with Crippen molar-refractivity contribution < 1.29 is 22.7 Å². The number of carbonyl (C=O) groups excluding carboxylic acids is 2. The molecule has 0 aliphatic carbocycles. The number of esters is 1. The van der Waals surface area contributed by atoms with Gasteiger partial charge in [-0.05, 0) is 80.8 Å². The number of nitrogens with zero attached hydrogens (tertiary/aromatic N) is 5. The molecule has 0 aliphatic rings. The van der Waals surface area contributed by atoms with Gasteiger partial charge in [-0.15, -0.1) is 20.4 Å². The number of ether oxygens (including phenoxy) is 1. The van der Waals surface area contributed by atoms with Crippen LogP contribution >= 0.6 is 23.4 Å². The molecule has 0 fully saturated rings. The lowest BCUT2D eigenvalue weighted by molar-refractivity contribution is -0.123. The van der Waals surface area contributed by atoms with Crippen LogP contribution in [0.2, 0.25) is 5.15 Å². The van der Waals surface area contributed by atoms with Gasteiger partial charge in [-0.3, -0.25) is 14.1 Å². The van der Waals surface area contributed by atoms with Gasteiger partial charge in [-0.25, -0.2) is 13.2 Å². The van der Waals surface area contributed by atoms with Crippen molar-refractivity contribution in [1.82, 2.24) is 25.0 Å². The van der Waals surface area contributed by atoms with E-state index in [0.717, 1.165) is 5.69 Å². The first kappa shape index (κ1) is 28.0. The van der Waals surface area contributed by atoms with E-state index < -0.39 is 28.0 Å². The van der Waals surface area contributed by atoms with Crippen molar-refractivity contribution in [3.8, 4) is 5.69 Å². The molecule has 2 N–H and O–H groups in total. The van der Waals surface area contributed by atoms with Gasteiger partial charge in [0.1, 0.15) is 5.82 Å². The molecule has 2 aromatic heterocycles. The molecule has 2 aromatic carbocycles. The van der Waals surface area contributed by atoms with E-state index in [4.69, 9.17) is 16.3 Å². The van der Waals surface area contributed by atoms with Gasteiger partial charge in [0.25, 0.3) is 15.9 Å². The first-order valence-corrected chi connectivity index (χ1v) is 14.4. The van der Waals surface area contributed by atoms with E-state index in [1.165, 1.54) is 55.1 Å². The Labute approximate surface area is 233 Å². The average molecular weight is 588 g/mol. The van der Waals surface area contributed by atoms with E-state index in [-0.39, 0.29) is 21.4 Å². The number of nitrogens with one attached hydrogen (secondary N) is 2. The Morgan fingerprint density at radius 2 is 1.67 bits per heavy atom. The maximum absolute atomic E-state index is 12.6. The Morgan fingerprint density at radius 3 is 2.28 bits per heavy atom. The highest BCUT2D eigenvalue weighted by molar-refractivity contribution is 7.98. The lowest BCUT2D eigenvalue weighted by atomic mass is 10.2. The van der Waals surface area contributed by atoms with Crippen molar-refractivity contribution in [3.05, 3.63) is 77.2 Å². The van der Waals surface area contributed by atoms with Crippen LogP contribution in [0.25, 0.3) is 5.69 Å². The number of aryl methyl sites for hydroxylation is 1. The third-order valence-corrected chi connectivity index (χ3v) is 7.50. The number of benzene rings is 2. The van der Waals surface area contributed by atoms with E-state index in [0.29, 0.717) is 16.7 Å². The maximum atomic E-state index is 12.6. The van der Waals surface area contributed by atoms with Crippen LogP contribution < -0.4 is 10.0 Å². The summed E-state index contributed by atoms with van der Waals surface area (Å²) in [5, 5.41) is 18.8. The molecule has 0 aliphatic heterocycles. The number of carbonyl (C=O) groups is 2. The first-order chi connectivity index (χ1) is 18.6. The van der Waals surface area contributed by atoms with Gasteiger partial charge in [0.05, 0.1) is 10.5 Å². The molecule has 4 aromatic rings. The topological polar surface area (TPSA) is 158 Å². The molecule has 202 valence electrons. The minimum atomic E-state index is -3.95. The second kappa shape index (κ2) is 11.8. The fourth-order valence-electron chi connectivity index (χ4n) is 3.33. The minimum absolute atomic E-state index is 0.000577. The molecule has 0 saturated heterocycles. The highest BCUT2D eigenvalue weighted by Crippen LogP contribution is 2.21. The van der Waals surface area contributed by atoms with E-state index in [1.54, 1.807) is 24.3 Å². The van der Waals surface area contributed by atoms with Crippen LogP contribution in [0.1, 0.15) is 23.1 Å². The molecule has 2 heterocycles. The van der Waals surface area contributed by atoms with Gasteiger partial charge in [-0.2, -0.15) is 0 Å². The van der Waals surface area contributed by atoms with Gasteiger partial charge in [0.15, 0.2) is 22.2 Å². The number of hydrogen-bond acceptors (Lipinski definition) is 10. The molecule has 12 nitrogen and oxygen atoms in total. The summed E-state index contributed by atoms with van der Waals surface area (Å²) in [7, 11) is -3.95. The molecule has 1 atom stereocenters. The lowest BCUT2D eigenvalue weighted by Gasteiger charge is -2.14. The summed E-state index contributed by atoms with van der Waals surface area (Å²) in [5.74, 6) is -0.555. The molecule has 0 saturated carbocycles. The standard InChI is InChI=1S/C24H22ClN7O5S2/c1-14(37-23(34)16-4-8-18(9-5-16)32-15(2)27-30-24(32)38-3)22(33)26-17-6-10-19(11-7-17)39(35,36)31-21-13-12-20(25)28-29-21/h4-14H,1-3H3,(H,26,33)(H,29,31). The van der Waals surface area contributed by atoms with Crippen LogP contribution in [0.5, 0.6) is 0 Å². The monoisotopic (exact) mass is 587 g/mol. The maximum Gasteiger partial charge on any atom is 0.338 e. The van der Waals surface area contributed by atoms with Crippen molar-refractivity contribution >= 4 is 56.8 Å². The van der Waals surface area contributed by atoms with Gasteiger partial charge < -0.3 is 10.1 Å². The Hall–Kier alpha value is -4.01. The molecule has 1 unspecified atom stereocenters. The summed E-state index contributed by atoms with van der Waals surface area (Å²) in [6.07, 6.45) is 0.776. The smallest absolute Gasteiger partial charge is 0.338 e. The summed E-state index contributed by atoms with van der Waals surface area (Å²) in [6.45, 7) is 3.26. The van der Waals surface area contributed by atoms with Gasteiger partial charge in [0, 0.05) is 11.4 Å². The first-order valence-electron chi connectivity index (χ1n) is 11.3. The predicted molar refractivity (Wildman–Crippen MR) is 146 cm³/mol. The molecular weight excluding hydrogens is 566 g/mol. The molecule has 39 heavy (non-hydrogen) atoms. The molecular formula is C24H22ClN7O5S2. The van der Waals surface area contributed by atoms with Crippen LogP contribution in [0.15, 0.2) is 70.7 Å². The zero-order chi connectivity index (χ0) is 28.2. The quantitative estimate of drug-likeness (QED) is 0.218. The molecule has 1 amide bonds. The number of anilines is 2. The fraction of sp³-hybridized carbons (Fsp3) is 0.167. The highest BCUT2D eigenvalue weighted by atomic mass is 35.5. The normalized spacial score (nSPS) is 12.0. The number of hydrogen-bond donors (Lipinski definition) is 2. The van der Waals surface area contributed by atoms with Crippen LogP contribution in [-0.2, 0) is 19.6 Å². The molecule has 15 heteroatoms. The van der Waals surface area contributed by atoms with Gasteiger partial charge >= 0.3 is 5.97 Å². The zero-order valence-corrected chi connectivity index (χ0v) is 23.2. The average Bonchev–Trinajstić information content (AvgIpc) is 3.30. The summed E-state index contributed by atoms with van der Waals surface area (Å²) in [4.78, 5) is 25.1. The molecule has 0 radical (unpaired) electrons.